The van der Waals surface area contributed by atoms with Crippen molar-refractivity contribution in [2.24, 2.45) is 5.92 Å². The van der Waals surface area contributed by atoms with Crippen LogP contribution >= 0.6 is 11.8 Å². The lowest BCUT2D eigenvalue weighted by molar-refractivity contribution is 0.624. The van der Waals surface area contributed by atoms with E-state index in [1.54, 1.807) is 11.8 Å². The molecule has 2 saturated carbocycles. The summed E-state index contributed by atoms with van der Waals surface area (Å²) in [4.78, 5) is 0. The van der Waals surface area contributed by atoms with Crippen molar-refractivity contribution >= 4 is 11.8 Å². The van der Waals surface area contributed by atoms with Gasteiger partial charge in [-0.05, 0) is 32.1 Å². The van der Waals surface area contributed by atoms with Crippen LogP contribution in [0.2, 0.25) is 0 Å². The van der Waals surface area contributed by atoms with Gasteiger partial charge in [-0.1, -0.05) is 11.8 Å². The third kappa shape index (κ3) is 2.96. The van der Waals surface area contributed by atoms with Crippen molar-refractivity contribution in [1.29, 1.82) is 10.5 Å². The Hall–Kier alpha value is -1.53. The summed E-state index contributed by atoms with van der Waals surface area (Å²) >= 11 is 1.62. The number of nitriles is 2. The molecule has 0 radical (unpaired) electrons. The zero-order chi connectivity index (χ0) is 13.9. The Labute approximate surface area is 123 Å². The molecule has 1 heterocycles. The van der Waals surface area contributed by atoms with Crippen molar-refractivity contribution in [1.82, 2.24) is 14.8 Å². The van der Waals surface area contributed by atoms with Gasteiger partial charge in [-0.3, -0.25) is 0 Å². The fourth-order valence-corrected chi connectivity index (χ4v) is 3.35. The highest BCUT2D eigenvalue weighted by Crippen LogP contribution is 2.46. The molecule has 0 amide bonds. The number of hydrogen-bond donors (Lipinski definition) is 0. The number of aromatic nitrogens is 3. The van der Waals surface area contributed by atoms with E-state index in [0.717, 1.165) is 11.0 Å². The molecule has 1 unspecified atom stereocenters. The minimum absolute atomic E-state index is 0.0756. The number of hydrogen-bond acceptors (Lipinski definition) is 5. The van der Waals surface area contributed by atoms with Crippen molar-refractivity contribution in [3.63, 3.8) is 0 Å². The van der Waals surface area contributed by atoms with Crippen LogP contribution < -0.4 is 0 Å². The van der Waals surface area contributed by atoms with Crippen LogP contribution in [0.4, 0.5) is 0 Å². The van der Waals surface area contributed by atoms with Crippen LogP contribution in [0, 0.1) is 28.6 Å². The first-order valence-electron chi connectivity index (χ1n) is 7.17. The van der Waals surface area contributed by atoms with Gasteiger partial charge in [0.1, 0.15) is 5.82 Å². The Morgan fingerprint density at radius 1 is 1.25 bits per heavy atom. The molecule has 1 aromatic heterocycles. The van der Waals surface area contributed by atoms with Crippen LogP contribution in [0.25, 0.3) is 0 Å². The standard InChI is InChI=1S/C14H17N5S/c15-7-1-2-10(8-16)9-20-14-18-17-13(11-3-4-11)19(14)12-5-6-12/h10-12H,1-6,9H2. The highest BCUT2D eigenvalue weighted by molar-refractivity contribution is 7.99. The van der Waals surface area contributed by atoms with Crippen LogP contribution in [-0.4, -0.2) is 20.5 Å². The first-order chi connectivity index (χ1) is 9.83. The highest BCUT2D eigenvalue weighted by atomic mass is 32.2. The van der Waals surface area contributed by atoms with Crippen molar-refractivity contribution in [3.05, 3.63) is 5.82 Å². The molecule has 1 aromatic rings. The topological polar surface area (TPSA) is 78.3 Å². The van der Waals surface area contributed by atoms with Gasteiger partial charge in [0.25, 0.3) is 0 Å². The Morgan fingerprint density at radius 2 is 2.05 bits per heavy atom. The van der Waals surface area contributed by atoms with E-state index in [2.05, 4.69) is 26.9 Å². The third-order valence-corrected chi connectivity index (χ3v) is 4.85. The molecule has 0 bridgehead atoms. The van der Waals surface area contributed by atoms with Crippen LogP contribution in [-0.2, 0) is 0 Å². The van der Waals surface area contributed by atoms with Gasteiger partial charge in [-0.15, -0.1) is 10.2 Å². The van der Waals surface area contributed by atoms with E-state index >= 15 is 0 Å². The zero-order valence-electron chi connectivity index (χ0n) is 11.3. The van der Waals surface area contributed by atoms with Crippen molar-refractivity contribution in [2.45, 2.75) is 55.6 Å². The molecule has 2 aliphatic rings. The fraction of sp³-hybridized carbons (Fsp3) is 0.714. The van der Waals surface area contributed by atoms with Gasteiger partial charge in [0.05, 0.1) is 18.1 Å². The molecule has 1 atom stereocenters. The molecule has 0 spiro atoms. The van der Waals surface area contributed by atoms with Gasteiger partial charge >= 0.3 is 0 Å². The summed E-state index contributed by atoms with van der Waals surface area (Å²) in [7, 11) is 0. The van der Waals surface area contributed by atoms with Crippen LogP contribution in [0.3, 0.4) is 0 Å². The molecular formula is C14H17N5S. The summed E-state index contributed by atoms with van der Waals surface area (Å²) in [6, 6.07) is 4.97. The minimum Gasteiger partial charge on any atom is -0.303 e. The third-order valence-electron chi connectivity index (χ3n) is 3.75. The van der Waals surface area contributed by atoms with E-state index in [9.17, 15) is 0 Å². The fourth-order valence-electron chi connectivity index (χ4n) is 2.28. The maximum atomic E-state index is 9.11. The van der Waals surface area contributed by atoms with Gasteiger partial charge in [-0.2, -0.15) is 10.5 Å². The average Bonchev–Trinajstić information content (AvgIpc) is 3.38. The second-order valence-corrected chi connectivity index (χ2v) is 6.54. The molecule has 0 N–H and O–H groups in total. The molecule has 2 fully saturated rings. The number of thioether (sulfide) groups is 1. The van der Waals surface area contributed by atoms with Gasteiger partial charge in [-0.25, -0.2) is 0 Å². The first kappa shape index (κ1) is 13.5. The predicted molar refractivity (Wildman–Crippen MR) is 74.9 cm³/mol. The van der Waals surface area contributed by atoms with Crippen molar-refractivity contribution in [3.8, 4) is 12.1 Å². The molecule has 104 valence electrons. The molecule has 2 aliphatic carbocycles. The number of nitrogens with zero attached hydrogens (tertiary/aromatic N) is 5. The maximum Gasteiger partial charge on any atom is 0.191 e. The zero-order valence-corrected chi connectivity index (χ0v) is 12.1. The van der Waals surface area contributed by atoms with Gasteiger partial charge in [0.15, 0.2) is 5.16 Å². The molecule has 0 aliphatic heterocycles. The van der Waals surface area contributed by atoms with Crippen molar-refractivity contribution in [2.75, 3.05) is 5.75 Å². The molecule has 5 nitrogen and oxygen atoms in total. The summed E-state index contributed by atoms with van der Waals surface area (Å²) in [5.41, 5.74) is 0. The largest absolute Gasteiger partial charge is 0.303 e. The van der Waals surface area contributed by atoms with E-state index in [1.165, 1.54) is 25.7 Å². The van der Waals surface area contributed by atoms with Gasteiger partial charge in [0.2, 0.25) is 0 Å². The molecule has 20 heavy (non-hydrogen) atoms. The summed E-state index contributed by atoms with van der Waals surface area (Å²) in [5, 5.41) is 27.4. The molecule has 0 saturated heterocycles. The van der Waals surface area contributed by atoms with E-state index in [0.29, 0.717) is 30.6 Å². The first-order valence-corrected chi connectivity index (χ1v) is 8.16. The highest BCUT2D eigenvalue weighted by Gasteiger charge is 2.36. The summed E-state index contributed by atoms with van der Waals surface area (Å²) < 4.78 is 2.31. The molecule has 3 rings (SSSR count). The monoisotopic (exact) mass is 287 g/mol. The summed E-state index contributed by atoms with van der Waals surface area (Å²) in [6.07, 6.45) is 6.01. The summed E-state index contributed by atoms with van der Waals surface area (Å²) in [6.45, 7) is 0. The van der Waals surface area contributed by atoms with E-state index < -0.39 is 0 Å². The normalized spacial score (nSPS) is 19.3. The molecular weight excluding hydrogens is 270 g/mol. The van der Waals surface area contributed by atoms with E-state index in [4.69, 9.17) is 10.5 Å². The molecule has 0 aromatic carbocycles. The van der Waals surface area contributed by atoms with Crippen molar-refractivity contribution < 1.29 is 0 Å². The smallest absolute Gasteiger partial charge is 0.191 e. The lowest BCUT2D eigenvalue weighted by Crippen LogP contribution is -2.05. The second-order valence-electron chi connectivity index (χ2n) is 5.55. The minimum atomic E-state index is -0.0756. The van der Waals surface area contributed by atoms with E-state index in [1.807, 2.05) is 0 Å². The van der Waals surface area contributed by atoms with Crippen LogP contribution in [0.1, 0.15) is 56.3 Å². The quantitative estimate of drug-likeness (QED) is 0.720. The summed E-state index contributed by atoms with van der Waals surface area (Å²) in [5.74, 6) is 2.39. The molecule has 6 heteroatoms. The Bertz CT molecular complexity index is 559. The Balaban J connectivity index is 1.65. The number of rotatable bonds is 7. The van der Waals surface area contributed by atoms with Crippen LogP contribution in [0.5, 0.6) is 0 Å². The lowest BCUT2D eigenvalue weighted by Gasteiger charge is -2.09. The Morgan fingerprint density at radius 3 is 2.65 bits per heavy atom. The van der Waals surface area contributed by atoms with E-state index in [-0.39, 0.29) is 5.92 Å². The lowest BCUT2D eigenvalue weighted by atomic mass is 10.1. The Kier molecular flexibility index (Phi) is 3.93. The maximum absolute atomic E-state index is 9.11. The van der Waals surface area contributed by atoms with Gasteiger partial charge in [0, 0.05) is 24.1 Å². The second kappa shape index (κ2) is 5.85. The van der Waals surface area contributed by atoms with Gasteiger partial charge < -0.3 is 4.57 Å². The average molecular weight is 287 g/mol. The predicted octanol–water partition coefficient (Wildman–Crippen LogP) is 3.03. The van der Waals surface area contributed by atoms with Crippen LogP contribution in [0.15, 0.2) is 5.16 Å². The SMILES string of the molecule is N#CCCC(C#N)CSc1nnc(C2CC2)n1C1CC1.